The van der Waals surface area contributed by atoms with Crippen molar-refractivity contribution >= 4 is 17.6 Å². The molecule has 9 heteroatoms. The van der Waals surface area contributed by atoms with Crippen molar-refractivity contribution in [1.29, 1.82) is 0 Å². The van der Waals surface area contributed by atoms with Crippen LogP contribution in [-0.2, 0) is 6.18 Å². The lowest BCUT2D eigenvalue weighted by Gasteiger charge is -2.13. The average Bonchev–Trinajstić information content (AvgIpc) is 2.53. The van der Waals surface area contributed by atoms with Gasteiger partial charge in [0, 0.05) is 5.56 Å². The van der Waals surface area contributed by atoms with Crippen molar-refractivity contribution < 1.29 is 23.1 Å². The van der Waals surface area contributed by atoms with Crippen LogP contribution < -0.4 is 11.5 Å². The summed E-state index contributed by atoms with van der Waals surface area (Å²) in [5.41, 5.74) is 8.45. The summed E-state index contributed by atoms with van der Waals surface area (Å²) >= 11 is 0. The number of amides is 1. The number of phenolic OH excluding ortho intramolecular Hbond substituents is 1. The number of hydrogen-bond acceptors (Lipinski definition) is 2. The third-order valence-electron chi connectivity index (χ3n) is 3.20. The van der Waals surface area contributed by atoms with E-state index in [2.05, 4.69) is 9.84 Å². The van der Waals surface area contributed by atoms with E-state index < -0.39 is 34.9 Å². The number of carbonyl (C=O) groups excluding carboxylic acids is 1. The normalized spacial score (nSPS) is 10.8. The number of benzene rings is 2. The molecule has 0 aliphatic rings. The lowest BCUT2D eigenvalue weighted by molar-refractivity contribution is -0.137. The van der Waals surface area contributed by atoms with Crippen molar-refractivity contribution in [2.75, 3.05) is 0 Å². The Hall–Kier alpha value is -3.54. The minimum absolute atomic E-state index is 0.0779. The number of aliphatic imine (C=N–C) groups is 1. The summed E-state index contributed by atoms with van der Waals surface area (Å²) in [5.74, 6) is -2.22. The molecule has 0 aliphatic carbocycles. The van der Waals surface area contributed by atoms with Crippen molar-refractivity contribution in [3.63, 3.8) is 0 Å². The molecular formula is C16H11F3N4O2. The molecule has 25 heavy (non-hydrogen) atoms. The number of rotatable bonds is 2. The van der Waals surface area contributed by atoms with Gasteiger partial charge < -0.3 is 16.6 Å². The number of halogens is 3. The minimum atomic E-state index is -4.62. The summed E-state index contributed by atoms with van der Waals surface area (Å²) in [4.78, 5) is 18.7. The van der Waals surface area contributed by atoms with Crippen molar-refractivity contribution in [3.05, 3.63) is 58.9 Å². The number of hydrogen-bond donors (Lipinski definition) is 3. The molecule has 0 fully saturated rings. The van der Waals surface area contributed by atoms with Crippen LogP contribution in [0.15, 0.2) is 41.4 Å². The third-order valence-corrected chi connectivity index (χ3v) is 3.20. The molecular weight excluding hydrogens is 337 g/mol. The Morgan fingerprint density at radius 2 is 1.88 bits per heavy atom. The van der Waals surface area contributed by atoms with Crippen molar-refractivity contribution in [1.82, 2.24) is 0 Å². The summed E-state index contributed by atoms with van der Waals surface area (Å²) in [6.45, 7) is 7.18. The molecule has 0 unspecified atom stereocenters. The van der Waals surface area contributed by atoms with E-state index >= 15 is 0 Å². The molecule has 2 aromatic rings. The minimum Gasteiger partial charge on any atom is -0.507 e. The van der Waals surface area contributed by atoms with Crippen LogP contribution >= 0.6 is 0 Å². The molecule has 6 nitrogen and oxygen atoms in total. The maximum atomic E-state index is 12.9. The molecule has 2 aromatic carbocycles. The Morgan fingerprint density at radius 3 is 2.44 bits per heavy atom. The van der Waals surface area contributed by atoms with Gasteiger partial charge in [0.05, 0.1) is 17.7 Å². The van der Waals surface area contributed by atoms with E-state index in [-0.39, 0.29) is 16.8 Å². The molecule has 0 saturated carbocycles. The summed E-state index contributed by atoms with van der Waals surface area (Å²) in [5, 5.41) is 9.99. The molecule has 128 valence electrons. The van der Waals surface area contributed by atoms with E-state index in [1.807, 2.05) is 0 Å². The Labute approximate surface area is 140 Å². The number of aromatic hydroxyl groups is 1. The Morgan fingerprint density at radius 1 is 1.20 bits per heavy atom. The zero-order chi connectivity index (χ0) is 18.8. The van der Waals surface area contributed by atoms with E-state index in [1.54, 1.807) is 0 Å². The fraction of sp³-hybridized carbons (Fsp3) is 0.0625. The number of phenols is 1. The molecule has 0 radical (unpaired) electrons. The van der Waals surface area contributed by atoms with E-state index in [4.69, 9.17) is 18.0 Å². The molecule has 0 spiro atoms. The van der Waals surface area contributed by atoms with Gasteiger partial charge in [-0.1, -0.05) is 18.2 Å². The Balaban J connectivity index is 2.81. The van der Waals surface area contributed by atoms with Crippen LogP contribution in [0.5, 0.6) is 5.75 Å². The lowest BCUT2D eigenvalue weighted by Crippen LogP contribution is -2.24. The van der Waals surface area contributed by atoms with Gasteiger partial charge in [-0.3, -0.25) is 4.79 Å². The molecule has 0 aliphatic heterocycles. The summed E-state index contributed by atoms with van der Waals surface area (Å²) in [7, 11) is 0. The number of nitrogens with zero attached hydrogens (tertiary/aromatic N) is 2. The third kappa shape index (κ3) is 3.69. The van der Waals surface area contributed by atoms with Gasteiger partial charge in [0.25, 0.3) is 5.91 Å². The van der Waals surface area contributed by atoms with E-state index in [9.17, 15) is 23.1 Å². The predicted molar refractivity (Wildman–Crippen MR) is 84.9 cm³/mol. The zero-order valence-corrected chi connectivity index (χ0v) is 12.5. The fourth-order valence-electron chi connectivity index (χ4n) is 2.21. The standard InChI is InChI=1S/C16H11F3N4O2/c1-22-10-5-6-11(24)13(14(25)23-15(20)21)12(10)8-3-2-4-9(7-8)16(17,18)19/h2-7,24H,(H4,20,21,23,25). The topological polar surface area (TPSA) is 106 Å². The van der Waals surface area contributed by atoms with Crippen molar-refractivity contribution in [2.45, 2.75) is 6.18 Å². The molecule has 0 bridgehead atoms. The van der Waals surface area contributed by atoms with Crippen LogP contribution in [0.2, 0.25) is 0 Å². The highest BCUT2D eigenvalue weighted by atomic mass is 19.4. The zero-order valence-electron chi connectivity index (χ0n) is 12.5. The SMILES string of the molecule is [C-]#[N+]c1ccc(O)c(C(=O)N=C(N)N)c1-c1cccc(C(F)(F)F)c1. The smallest absolute Gasteiger partial charge is 0.416 e. The highest BCUT2D eigenvalue weighted by Crippen LogP contribution is 2.40. The largest absolute Gasteiger partial charge is 0.507 e. The molecule has 5 N–H and O–H groups in total. The predicted octanol–water partition coefficient (Wildman–Crippen LogP) is 3.04. The maximum Gasteiger partial charge on any atom is 0.416 e. The quantitative estimate of drug-likeness (QED) is 0.440. The van der Waals surface area contributed by atoms with Gasteiger partial charge in [0.15, 0.2) is 11.6 Å². The van der Waals surface area contributed by atoms with Crippen LogP contribution in [0.1, 0.15) is 15.9 Å². The van der Waals surface area contributed by atoms with Gasteiger partial charge >= 0.3 is 6.18 Å². The second-order valence-electron chi connectivity index (χ2n) is 4.89. The number of nitrogens with two attached hydrogens (primary N) is 2. The highest BCUT2D eigenvalue weighted by molar-refractivity contribution is 6.10. The summed E-state index contributed by atoms with van der Waals surface area (Å²) in [6.07, 6.45) is -4.62. The van der Waals surface area contributed by atoms with Crippen molar-refractivity contribution in [3.8, 4) is 16.9 Å². The first-order valence-corrected chi connectivity index (χ1v) is 6.70. The molecule has 2 rings (SSSR count). The maximum absolute atomic E-state index is 12.9. The van der Waals surface area contributed by atoms with Crippen LogP contribution in [0.4, 0.5) is 18.9 Å². The van der Waals surface area contributed by atoms with Gasteiger partial charge in [0.1, 0.15) is 5.75 Å². The summed E-state index contributed by atoms with van der Waals surface area (Å²) < 4.78 is 38.8. The fourth-order valence-corrected chi connectivity index (χ4v) is 2.21. The van der Waals surface area contributed by atoms with Gasteiger partial charge in [-0.05, 0) is 23.8 Å². The van der Waals surface area contributed by atoms with E-state index in [0.29, 0.717) is 0 Å². The van der Waals surface area contributed by atoms with Gasteiger partial charge in [-0.2, -0.15) is 18.2 Å². The molecule has 0 saturated heterocycles. The number of guanidine groups is 1. The van der Waals surface area contributed by atoms with Crippen LogP contribution in [0.25, 0.3) is 16.0 Å². The molecule has 0 heterocycles. The van der Waals surface area contributed by atoms with Gasteiger partial charge in [0.2, 0.25) is 0 Å². The van der Waals surface area contributed by atoms with E-state index in [1.165, 1.54) is 12.1 Å². The lowest BCUT2D eigenvalue weighted by atomic mass is 9.95. The number of alkyl halides is 3. The highest BCUT2D eigenvalue weighted by Gasteiger charge is 2.31. The number of carbonyl (C=O) groups is 1. The van der Waals surface area contributed by atoms with Crippen LogP contribution in [0, 0.1) is 6.57 Å². The molecule has 0 aromatic heterocycles. The van der Waals surface area contributed by atoms with Crippen molar-refractivity contribution in [2.24, 2.45) is 16.5 Å². The van der Waals surface area contributed by atoms with Crippen LogP contribution in [-0.4, -0.2) is 17.0 Å². The van der Waals surface area contributed by atoms with Gasteiger partial charge in [-0.25, -0.2) is 4.85 Å². The van der Waals surface area contributed by atoms with Crippen LogP contribution in [0.3, 0.4) is 0 Å². The summed E-state index contributed by atoms with van der Waals surface area (Å²) in [6, 6.07) is 6.29. The Bertz CT molecular complexity index is 911. The second kappa shape index (κ2) is 6.52. The van der Waals surface area contributed by atoms with Gasteiger partial charge in [-0.15, -0.1) is 0 Å². The molecule has 1 amide bonds. The average molecular weight is 348 g/mol. The first kappa shape index (κ1) is 17.8. The first-order chi connectivity index (χ1) is 11.6. The Kier molecular flexibility index (Phi) is 4.65. The first-order valence-electron chi connectivity index (χ1n) is 6.70. The second-order valence-corrected chi connectivity index (χ2v) is 4.89. The van der Waals surface area contributed by atoms with E-state index in [0.717, 1.165) is 24.3 Å². The molecule has 0 atom stereocenters. The monoisotopic (exact) mass is 348 g/mol.